The Morgan fingerprint density at radius 3 is 2.68 bits per heavy atom. The minimum Gasteiger partial charge on any atom is -0.388 e. The first-order chi connectivity index (χ1) is 8.86. The van der Waals surface area contributed by atoms with Crippen molar-refractivity contribution in [3.63, 3.8) is 0 Å². The number of thiazole rings is 1. The summed E-state index contributed by atoms with van der Waals surface area (Å²) < 4.78 is 0. The van der Waals surface area contributed by atoms with Gasteiger partial charge < -0.3 is 5.11 Å². The molecule has 0 saturated carbocycles. The number of aliphatic hydroxyl groups is 1. The predicted octanol–water partition coefficient (Wildman–Crippen LogP) is 4.37. The fourth-order valence-electron chi connectivity index (χ4n) is 1.75. The van der Waals surface area contributed by atoms with E-state index in [0.29, 0.717) is 11.4 Å². The van der Waals surface area contributed by atoms with Gasteiger partial charge >= 0.3 is 0 Å². The van der Waals surface area contributed by atoms with Gasteiger partial charge in [-0.3, -0.25) is 0 Å². The van der Waals surface area contributed by atoms with Gasteiger partial charge in [-0.15, -0.1) is 11.3 Å². The Morgan fingerprint density at radius 2 is 2.11 bits per heavy atom. The van der Waals surface area contributed by atoms with Crippen LogP contribution in [0.4, 0.5) is 0 Å². The fourth-order valence-corrected chi connectivity index (χ4v) is 3.00. The van der Waals surface area contributed by atoms with Crippen LogP contribution in [-0.2, 0) is 11.8 Å². The predicted molar refractivity (Wildman–Crippen MR) is 80.9 cm³/mol. The molecule has 0 aliphatic heterocycles. The zero-order valence-corrected chi connectivity index (χ0v) is 12.9. The maximum atomic E-state index is 10.2. The van der Waals surface area contributed by atoms with Crippen LogP contribution in [0.5, 0.6) is 0 Å². The molecule has 0 aliphatic rings. The number of benzene rings is 1. The summed E-state index contributed by atoms with van der Waals surface area (Å²) in [6.45, 7) is 6.41. The first-order valence-corrected chi connectivity index (χ1v) is 7.50. The van der Waals surface area contributed by atoms with Crippen molar-refractivity contribution in [3.8, 4) is 0 Å². The lowest BCUT2D eigenvalue weighted by molar-refractivity contribution is 0.178. The van der Waals surface area contributed by atoms with Crippen LogP contribution in [0.2, 0.25) is 5.02 Å². The maximum Gasteiger partial charge on any atom is 0.0957 e. The number of aromatic nitrogens is 1. The van der Waals surface area contributed by atoms with E-state index in [4.69, 9.17) is 11.6 Å². The second kappa shape index (κ2) is 5.61. The summed E-state index contributed by atoms with van der Waals surface area (Å²) in [6.07, 6.45) is -0.0289. The molecule has 1 aromatic heterocycles. The Hall–Kier alpha value is -0.900. The van der Waals surface area contributed by atoms with Gasteiger partial charge in [-0.05, 0) is 17.7 Å². The van der Waals surface area contributed by atoms with Gasteiger partial charge in [0.05, 0.1) is 16.8 Å². The van der Waals surface area contributed by atoms with Crippen molar-refractivity contribution in [3.05, 3.63) is 50.9 Å². The highest BCUT2D eigenvalue weighted by molar-refractivity contribution is 7.09. The van der Waals surface area contributed by atoms with Crippen LogP contribution in [-0.4, -0.2) is 10.1 Å². The highest BCUT2D eigenvalue weighted by Crippen LogP contribution is 2.27. The van der Waals surface area contributed by atoms with Gasteiger partial charge in [-0.25, -0.2) is 4.98 Å². The molecule has 1 atom stereocenters. The van der Waals surface area contributed by atoms with Crippen molar-refractivity contribution in [2.75, 3.05) is 0 Å². The van der Waals surface area contributed by atoms with Crippen LogP contribution < -0.4 is 0 Å². The third-order valence-electron chi connectivity index (χ3n) is 2.92. The number of halogens is 1. The van der Waals surface area contributed by atoms with Gasteiger partial charge in [0, 0.05) is 22.2 Å². The fraction of sp³-hybridized carbons (Fsp3) is 0.400. The van der Waals surface area contributed by atoms with E-state index in [0.717, 1.165) is 16.3 Å². The zero-order chi connectivity index (χ0) is 14.0. The number of nitrogens with zero attached hydrogens (tertiary/aromatic N) is 1. The van der Waals surface area contributed by atoms with Crippen molar-refractivity contribution < 1.29 is 5.11 Å². The molecular formula is C15H18ClNOS. The molecule has 0 amide bonds. The first-order valence-electron chi connectivity index (χ1n) is 6.24. The van der Waals surface area contributed by atoms with Gasteiger partial charge in [0.1, 0.15) is 0 Å². The molecule has 1 aromatic carbocycles. The third-order valence-corrected chi connectivity index (χ3v) is 4.03. The summed E-state index contributed by atoms with van der Waals surface area (Å²) >= 11 is 7.53. The van der Waals surface area contributed by atoms with Crippen molar-refractivity contribution in [2.45, 2.75) is 38.7 Å². The summed E-state index contributed by atoms with van der Waals surface area (Å²) in [5.74, 6) is 0. The summed E-state index contributed by atoms with van der Waals surface area (Å²) in [5.41, 5.74) is 1.96. The van der Waals surface area contributed by atoms with Gasteiger partial charge in [-0.1, -0.05) is 44.5 Å². The molecule has 1 N–H and O–H groups in total. The molecule has 2 nitrogen and oxygen atoms in total. The number of rotatable bonds is 3. The van der Waals surface area contributed by atoms with E-state index in [1.807, 2.05) is 12.1 Å². The Kier molecular flexibility index (Phi) is 4.29. The van der Waals surface area contributed by atoms with E-state index in [-0.39, 0.29) is 5.41 Å². The van der Waals surface area contributed by atoms with Crippen molar-refractivity contribution >= 4 is 22.9 Å². The van der Waals surface area contributed by atoms with E-state index in [1.54, 1.807) is 23.5 Å². The van der Waals surface area contributed by atoms with Gasteiger partial charge in [0.2, 0.25) is 0 Å². The Morgan fingerprint density at radius 1 is 1.37 bits per heavy atom. The molecule has 0 spiro atoms. The third kappa shape index (κ3) is 3.78. The second-order valence-electron chi connectivity index (χ2n) is 5.65. The SMILES string of the molecule is CC(C)(C)c1csc(CC(O)c2cccc(Cl)c2)n1. The van der Waals surface area contributed by atoms with Crippen LogP contribution in [0.15, 0.2) is 29.6 Å². The molecule has 0 radical (unpaired) electrons. The van der Waals surface area contributed by atoms with Crippen molar-refractivity contribution in [1.82, 2.24) is 4.98 Å². The number of hydrogen-bond donors (Lipinski definition) is 1. The molecule has 2 rings (SSSR count). The first kappa shape index (κ1) is 14.5. The minimum absolute atomic E-state index is 0.0513. The van der Waals surface area contributed by atoms with Crippen LogP contribution in [0, 0.1) is 0 Å². The van der Waals surface area contributed by atoms with Gasteiger partial charge in [0.15, 0.2) is 0 Å². The lowest BCUT2D eigenvalue weighted by atomic mass is 9.93. The summed E-state index contributed by atoms with van der Waals surface area (Å²) in [4.78, 5) is 4.59. The number of aliphatic hydroxyl groups excluding tert-OH is 1. The van der Waals surface area contributed by atoms with Crippen molar-refractivity contribution in [1.29, 1.82) is 0 Å². The van der Waals surface area contributed by atoms with Crippen LogP contribution >= 0.6 is 22.9 Å². The molecule has 0 saturated heterocycles. The largest absolute Gasteiger partial charge is 0.388 e. The molecule has 0 fully saturated rings. The van der Waals surface area contributed by atoms with E-state index in [9.17, 15) is 5.11 Å². The monoisotopic (exact) mass is 295 g/mol. The lowest BCUT2D eigenvalue weighted by Gasteiger charge is -2.14. The average Bonchev–Trinajstić information content (AvgIpc) is 2.77. The molecule has 2 aromatic rings. The van der Waals surface area contributed by atoms with E-state index >= 15 is 0 Å². The lowest BCUT2D eigenvalue weighted by Crippen LogP contribution is -2.12. The Balaban J connectivity index is 2.11. The van der Waals surface area contributed by atoms with Crippen molar-refractivity contribution in [2.24, 2.45) is 0 Å². The molecule has 1 unspecified atom stereocenters. The normalized spacial score (nSPS) is 13.5. The van der Waals surface area contributed by atoms with Crippen LogP contribution in [0.1, 0.15) is 43.1 Å². The average molecular weight is 296 g/mol. The zero-order valence-electron chi connectivity index (χ0n) is 11.4. The van der Waals surface area contributed by atoms with E-state index in [2.05, 4.69) is 31.1 Å². The molecule has 1 heterocycles. The van der Waals surface area contributed by atoms with E-state index < -0.39 is 6.10 Å². The molecule has 4 heteroatoms. The van der Waals surface area contributed by atoms with Gasteiger partial charge in [0.25, 0.3) is 0 Å². The van der Waals surface area contributed by atoms with Crippen LogP contribution in [0.3, 0.4) is 0 Å². The van der Waals surface area contributed by atoms with Crippen LogP contribution in [0.25, 0.3) is 0 Å². The molecule has 102 valence electrons. The Bertz CT molecular complexity index is 559. The molecule has 0 bridgehead atoms. The second-order valence-corrected chi connectivity index (χ2v) is 7.03. The smallest absolute Gasteiger partial charge is 0.0957 e. The highest BCUT2D eigenvalue weighted by Gasteiger charge is 2.19. The standard InChI is InChI=1S/C15H18ClNOS/c1-15(2,3)13-9-19-14(17-13)8-12(18)10-5-4-6-11(16)7-10/h4-7,9,12,18H,8H2,1-3H3. The van der Waals surface area contributed by atoms with E-state index in [1.165, 1.54) is 0 Å². The summed E-state index contributed by atoms with van der Waals surface area (Å²) in [5, 5.41) is 13.9. The van der Waals surface area contributed by atoms with Gasteiger partial charge in [-0.2, -0.15) is 0 Å². The quantitative estimate of drug-likeness (QED) is 0.912. The summed E-state index contributed by atoms with van der Waals surface area (Å²) in [7, 11) is 0. The minimum atomic E-state index is -0.558. The molecule has 19 heavy (non-hydrogen) atoms. The molecular weight excluding hydrogens is 278 g/mol. The topological polar surface area (TPSA) is 33.1 Å². The highest BCUT2D eigenvalue weighted by atomic mass is 35.5. The number of hydrogen-bond acceptors (Lipinski definition) is 3. The maximum absolute atomic E-state index is 10.2. The molecule has 0 aliphatic carbocycles. The Labute approximate surface area is 123 Å². The summed E-state index contributed by atoms with van der Waals surface area (Å²) in [6, 6.07) is 7.33.